The van der Waals surface area contributed by atoms with Crippen molar-refractivity contribution in [2.24, 2.45) is 20.7 Å². The van der Waals surface area contributed by atoms with Gasteiger partial charge in [0, 0.05) is 102 Å². The molecule has 8 aliphatic heterocycles. The summed E-state index contributed by atoms with van der Waals surface area (Å²) in [5.41, 5.74) is 9.85. The average Bonchev–Trinajstić information content (AvgIpc) is 1.62. The molecule has 16 rings (SSSR count). The smallest absolute Gasteiger partial charge is 0.262 e. The Balaban J connectivity index is 0.000000136. The number of carbonyl (C=O) groups is 4. The molecular formula is C86H90Br5N9O8S3. The third-order valence-corrected chi connectivity index (χ3v) is 25.4. The van der Waals surface area contributed by atoms with Gasteiger partial charge >= 0.3 is 0 Å². The summed E-state index contributed by atoms with van der Waals surface area (Å²) in [6.07, 6.45) is 6.98. The topological polar surface area (TPSA) is 202 Å². The standard InChI is InChI=1S/2C23H25BrN2O2S.C20H20BrN3O2.C17H13BrN2O2S.C3H7Br/c2*1-3-12-26-21(27)23(25-22(26)29-13-4-2)15-20(16-8-6-5-7-9-16)28-19-11-10-17(24)14-18(19)23;1-2-10-24-18(25)20(23-19(24)22)12-17(13-6-4-3-5-7-13)26-16-9-8-14(21)11-15(16)20;18-11-6-7-13-12(8-11)17(15(21)19-16(23)20-17)9-14(22-13)10-4-2-1-3-5-10;1-2-3-4/h2*5-11,14,20H,3-4,12-13,15H2,1-2H3;3-9,11,17H,2,10,12H2,1H3,(H2,22,23);1-8,14H,9H2,(H2,19,20,21,23);2-3H2,1H3/t20-,23+;20-,23-;17-,20+;;/m101../s1. The number of nitrogens with one attached hydrogen (secondary N) is 2. The van der Waals surface area contributed by atoms with Crippen molar-refractivity contribution in [3.8, 4) is 23.0 Å². The van der Waals surface area contributed by atoms with Gasteiger partial charge in [0.25, 0.3) is 23.6 Å². The number of alkyl halides is 1. The van der Waals surface area contributed by atoms with Gasteiger partial charge in [0.2, 0.25) is 0 Å². The van der Waals surface area contributed by atoms with Crippen LogP contribution in [-0.4, -0.2) is 96.2 Å². The number of thiocarbonyl (C=S) groups is 1. The highest BCUT2D eigenvalue weighted by molar-refractivity contribution is 9.11. The molecule has 8 atom stereocenters. The Hall–Kier alpha value is -7.36. The van der Waals surface area contributed by atoms with Gasteiger partial charge in [-0.1, -0.05) is 266 Å². The highest BCUT2D eigenvalue weighted by Gasteiger charge is 2.58. The van der Waals surface area contributed by atoms with Gasteiger partial charge in [-0.25, -0.2) is 15.0 Å². The zero-order chi connectivity index (χ0) is 78.6. The summed E-state index contributed by atoms with van der Waals surface area (Å²) in [6, 6.07) is 63.3. The van der Waals surface area contributed by atoms with Crippen molar-refractivity contribution in [3.63, 3.8) is 0 Å². The van der Waals surface area contributed by atoms with Gasteiger partial charge in [-0.15, -0.1) is 0 Å². The summed E-state index contributed by atoms with van der Waals surface area (Å²) in [6.45, 7) is 14.6. The molecule has 0 saturated carbocycles. The van der Waals surface area contributed by atoms with E-state index in [1.54, 1.807) is 28.4 Å². The maximum absolute atomic E-state index is 13.8. The molecule has 111 heavy (non-hydrogen) atoms. The number of fused-ring (bicyclic) bond motifs is 8. The molecule has 8 aliphatic rings. The first-order chi connectivity index (χ1) is 53.7. The van der Waals surface area contributed by atoms with E-state index in [0.29, 0.717) is 61.9 Å². The first-order valence-corrected chi connectivity index (χ1v) is 44.4. The van der Waals surface area contributed by atoms with E-state index < -0.39 is 22.2 Å². The molecule has 8 aromatic carbocycles. The Morgan fingerprint density at radius 1 is 0.432 bits per heavy atom. The molecule has 8 heterocycles. The second-order valence-corrected chi connectivity index (χ2v) is 34.8. The number of thioether (sulfide) groups is 2. The fourth-order valence-corrected chi connectivity index (χ4v) is 18.5. The number of guanidine groups is 1. The lowest BCUT2D eigenvalue weighted by atomic mass is 9.80. The molecule has 580 valence electrons. The molecule has 4 N–H and O–H groups in total. The fraction of sp³-hybridized carbons (Fsp3) is 0.349. The largest absolute Gasteiger partial charge is 0.485 e. The van der Waals surface area contributed by atoms with Crippen LogP contribution in [0.5, 0.6) is 23.0 Å². The van der Waals surface area contributed by atoms with Crippen molar-refractivity contribution < 1.29 is 38.1 Å². The van der Waals surface area contributed by atoms with E-state index in [-0.39, 0.29) is 54.0 Å². The maximum atomic E-state index is 13.8. The summed E-state index contributed by atoms with van der Waals surface area (Å²) in [5.74, 6) is 4.98. The second kappa shape index (κ2) is 37.3. The molecule has 0 aliphatic carbocycles. The Morgan fingerprint density at radius 2 is 0.739 bits per heavy atom. The number of hydrogen-bond acceptors (Lipinski definition) is 15. The number of hydrogen-bond donors (Lipinski definition) is 3. The van der Waals surface area contributed by atoms with Crippen molar-refractivity contribution in [3.05, 3.63) is 257 Å². The number of carbonyl (C=O) groups excluding carboxylic acids is 4. The highest BCUT2D eigenvalue weighted by atomic mass is 79.9. The molecule has 17 nitrogen and oxygen atoms in total. The van der Waals surface area contributed by atoms with Gasteiger partial charge in [0.05, 0.1) is 0 Å². The van der Waals surface area contributed by atoms with Crippen LogP contribution in [0.2, 0.25) is 0 Å². The molecule has 0 aromatic heterocycles. The average molecular weight is 1870 g/mol. The van der Waals surface area contributed by atoms with Crippen molar-refractivity contribution in [2.45, 2.75) is 152 Å². The van der Waals surface area contributed by atoms with Crippen LogP contribution in [0.15, 0.2) is 227 Å². The van der Waals surface area contributed by atoms with E-state index in [0.717, 1.165) is 133 Å². The third-order valence-electron chi connectivity index (χ3n) is 20.0. The summed E-state index contributed by atoms with van der Waals surface area (Å²) in [5, 5.41) is 9.07. The molecule has 8 aromatic rings. The number of ether oxygens (including phenoxy) is 4. The zero-order valence-electron chi connectivity index (χ0n) is 62.7. The van der Waals surface area contributed by atoms with Crippen LogP contribution in [0.4, 0.5) is 0 Å². The number of aliphatic imine (C=N–C) groups is 3. The molecule has 1 fully saturated rings. The number of amides is 4. The zero-order valence-corrected chi connectivity index (χ0v) is 73.1. The van der Waals surface area contributed by atoms with Crippen LogP contribution in [0.25, 0.3) is 0 Å². The molecule has 25 heteroatoms. The summed E-state index contributed by atoms with van der Waals surface area (Å²) in [4.78, 5) is 74.0. The lowest BCUT2D eigenvalue weighted by molar-refractivity contribution is -0.134. The Morgan fingerprint density at radius 3 is 1.05 bits per heavy atom. The van der Waals surface area contributed by atoms with E-state index in [1.165, 1.54) is 6.42 Å². The van der Waals surface area contributed by atoms with Gasteiger partial charge < -0.3 is 35.3 Å². The lowest BCUT2D eigenvalue weighted by Gasteiger charge is -2.38. The van der Waals surface area contributed by atoms with Crippen LogP contribution in [0.1, 0.15) is 175 Å². The van der Waals surface area contributed by atoms with Crippen molar-refractivity contribution in [2.75, 3.05) is 36.5 Å². The van der Waals surface area contributed by atoms with Crippen LogP contribution in [0.3, 0.4) is 0 Å². The van der Waals surface area contributed by atoms with Gasteiger partial charge in [-0.05, 0) is 146 Å². The Labute approximate surface area is 706 Å². The number of benzene rings is 8. The number of halogens is 5. The minimum absolute atomic E-state index is 0.0690. The molecular weight excluding hydrogens is 1780 g/mol. The number of rotatable bonds is 15. The molecule has 4 amide bonds. The first kappa shape index (κ1) is 83.1. The summed E-state index contributed by atoms with van der Waals surface area (Å²) < 4.78 is 28.7. The number of nitrogens with two attached hydrogens (primary N) is 1. The third kappa shape index (κ3) is 17.7. The number of nitrogens with zero attached hydrogens (tertiary/aromatic N) is 6. The van der Waals surface area contributed by atoms with E-state index in [2.05, 4.69) is 154 Å². The highest BCUT2D eigenvalue weighted by Crippen LogP contribution is 2.55. The van der Waals surface area contributed by atoms with E-state index in [9.17, 15) is 19.2 Å². The van der Waals surface area contributed by atoms with Crippen LogP contribution >= 0.6 is 115 Å². The fourth-order valence-electron chi connectivity index (χ4n) is 14.9. The van der Waals surface area contributed by atoms with Crippen molar-refractivity contribution in [1.82, 2.24) is 25.3 Å². The lowest BCUT2D eigenvalue weighted by Crippen LogP contribution is -2.48. The van der Waals surface area contributed by atoms with Crippen molar-refractivity contribution in [1.29, 1.82) is 0 Å². The summed E-state index contributed by atoms with van der Waals surface area (Å²) in [7, 11) is 0. The van der Waals surface area contributed by atoms with Crippen LogP contribution < -0.4 is 35.3 Å². The van der Waals surface area contributed by atoms with E-state index >= 15 is 0 Å². The van der Waals surface area contributed by atoms with E-state index in [4.69, 9.17) is 46.9 Å². The minimum Gasteiger partial charge on any atom is -0.485 e. The quantitative estimate of drug-likeness (QED) is 0.0647. The summed E-state index contributed by atoms with van der Waals surface area (Å²) >= 11 is 25.9. The Kier molecular flexibility index (Phi) is 27.9. The van der Waals surface area contributed by atoms with Gasteiger partial charge in [-0.3, -0.25) is 33.9 Å². The molecule has 4 spiro atoms. The number of amidine groups is 2. The van der Waals surface area contributed by atoms with Crippen LogP contribution in [-0.2, 0) is 41.3 Å². The van der Waals surface area contributed by atoms with Gasteiger partial charge in [0.15, 0.2) is 43.6 Å². The van der Waals surface area contributed by atoms with Gasteiger partial charge in [-0.2, -0.15) is 0 Å². The predicted octanol–water partition coefficient (Wildman–Crippen LogP) is 20.5. The maximum Gasteiger partial charge on any atom is 0.262 e. The molecule has 0 radical (unpaired) electrons. The normalized spacial score (nSPS) is 23.4. The van der Waals surface area contributed by atoms with E-state index in [1.807, 2.05) is 187 Å². The molecule has 2 unspecified atom stereocenters. The first-order valence-electron chi connectivity index (χ1n) is 37.7. The second-order valence-electron chi connectivity index (χ2n) is 27.9. The predicted molar refractivity (Wildman–Crippen MR) is 467 cm³/mol. The minimum atomic E-state index is -1.03. The molecule has 1 saturated heterocycles. The van der Waals surface area contributed by atoms with Crippen LogP contribution in [0, 0.1) is 0 Å². The molecule has 0 bridgehead atoms. The van der Waals surface area contributed by atoms with Crippen molar-refractivity contribution >= 4 is 160 Å². The monoisotopic (exact) mass is 1870 g/mol. The SMILES string of the molecule is CCCBr.CCCN1C(=O)[C@@]2(C[C@H](c3ccccc3)Oc3ccc(Br)cc32)N=C1N.CCCSC1=N[C@]2(C[C@@H](c3ccccc3)Oc3ccc(Br)cc32)C(=O)N1CCC.CCCSC1=N[C@]2(C[C@H](c3ccccc3)Oc3ccc(Br)cc32)C(=O)N1CCC.O=C1NC(=S)NC12CC(c1ccccc1)Oc1ccc(Br)cc12. The Bertz CT molecular complexity index is 4630. The van der Waals surface area contributed by atoms with Gasteiger partial charge in [0.1, 0.15) is 47.4 Å².